The van der Waals surface area contributed by atoms with E-state index in [0.717, 1.165) is 25.9 Å². The summed E-state index contributed by atoms with van der Waals surface area (Å²) in [5, 5.41) is 12.5. The molecule has 5 nitrogen and oxygen atoms in total. The number of carbonyl (C=O) groups is 1. The molecule has 3 aliphatic heterocycles. The monoisotopic (exact) mass is 269 g/mol. The number of aliphatic hydroxyl groups is 1. The van der Waals surface area contributed by atoms with E-state index in [2.05, 4.69) is 22.2 Å². The number of aliphatic hydroxyl groups excluding tert-OH is 1. The Morgan fingerprint density at radius 1 is 1.21 bits per heavy atom. The summed E-state index contributed by atoms with van der Waals surface area (Å²) in [5.74, 6) is 0. The molecule has 0 aromatic rings. The Morgan fingerprint density at radius 3 is 2.53 bits per heavy atom. The summed E-state index contributed by atoms with van der Waals surface area (Å²) >= 11 is 0. The Labute approximate surface area is 115 Å². The van der Waals surface area contributed by atoms with Crippen molar-refractivity contribution in [1.82, 2.24) is 15.1 Å². The van der Waals surface area contributed by atoms with E-state index in [9.17, 15) is 9.90 Å². The molecule has 3 unspecified atom stereocenters. The van der Waals surface area contributed by atoms with Crippen molar-refractivity contribution in [3.8, 4) is 0 Å². The summed E-state index contributed by atoms with van der Waals surface area (Å²) in [6, 6.07) is 0.492. The van der Waals surface area contributed by atoms with Crippen molar-refractivity contribution in [2.45, 2.75) is 50.3 Å². The molecule has 0 spiro atoms. The quantitative estimate of drug-likeness (QED) is 0.695. The molecule has 5 heteroatoms. The topological polar surface area (TPSA) is 55.8 Å². The third kappa shape index (κ3) is 4.16. The highest BCUT2D eigenvalue weighted by Gasteiger charge is 2.37. The first-order chi connectivity index (χ1) is 9.20. The largest absolute Gasteiger partial charge is 0.391 e. The van der Waals surface area contributed by atoms with Crippen LogP contribution in [0.4, 0.5) is 0 Å². The maximum atomic E-state index is 10.3. The van der Waals surface area contributed by atoms with Crippen molar-refractivity contribution in [2.24, 2.45) is 0 Å². The zero-order valence-electron chi connectivity index (χ0n) is 11.9. The highest BCUT2D eigenvalue weighted by atomic mass is 16.3. The summed E-state index contributed by atoms with van der Waals surface area (Å²) in [6.45, 7) is 4.61. The molecule has 110 valence electrons. The molecule has 3 atom stereocenters. The SMILES string of the molecule is CN1CCCC1.O=CNC1CC(O)C2CCCN2C1. The van der Waals surface area contributed by atoms with E-state index in [-0.39, 0.29) is 12.1 Å². The van der Waals surface area contributed by atoms with E-state index in [1.807, 2.05) is 0 Å². The lowest BCUT2D eigenvalue weighted by molar-refractivity contribution is -0.111. The van der Waals surface area contributed by atoms with Crippen LogP contribution in [-0.4, -0.2) is 72.7 Å². The molecular formula is C14H27N3O2. The van der Waals surface area contributed by atoms with Crippen LogP contribution < -0.4 is 5.32 Å². The average Bonchev–Trinajstić information content (AvgIpc) is 3.01. The highest BCUT2D eigenvalue weighted by molar-refractivity contribution is 5.46. The summed E-state index contributed by atoms with van der Waals surface area (Å²) in [5.41, 5.74) is 0. The molecule has 0 aliphatic carbocycles. The lowest BCUT2D eigenvalue weighted by atomic mass is 9.96. The molecule has 0 saturated carbocycles. The van der Waals surface area contributed by atoms with Crippen LogP contribution in [0.1, 0.15) is 32.1 Å². The van der Waals surface area contributed by atoms with Gasteiger partial charge in [0.2, 0.25) is 6.41 Å². The van der Waals surface area contributed by atoms with Crippen LogP contribution in [0.2, 0.25) is 0 Å². The van der Waals surface area contributed by atoms with Gasteiger partial charge >= 0.3 is 0 Å². The normalized spacial score (nSPS) is 35.4. The fourth-order valence-electron chi connectivity index (χ4n) is 3.41. The molecular weight excluding hydrogens is 242 g/mol. The van der Waals surface area contributed by atoms with Gasteiger partial charge in [0.05, 0.1) is 6.10 Å². The predicted molar refractivity (Wildman–Crippen MR) is 74.9 cm³/mol. The molecule has 0 bridgehead atoms. The van der Waals surface area contributed by atoms with Crippen LogP contribution in [0.3, 0.4) is 0 Å². The standard InChI is InChI=1S/C9H16N2O2.C5H11N/c12-6-10-7-4-9(13)8-2-1-3-11(8)5-7;1-6-4-2-3-5-6/h6-9,13H,1-5H2,(H,10,12);2-5H2,1H3. The third-order valence-electron chi connectivity index (χ3n) is 4.47. The van der Waals surface area contributed by atoms with Gasteiger partial charge in [0.1, 0.15) is 0 Å². The van der Waals surface area contributed by atoms with Crippen molar-refractivity contribution in [3.63, 3.8) is 0 Å². The number of piperidine rings is 1. The van der Waals surface area contributed by atoms with Crippen molar-refractivity contribution >= 4 is 6.41 Å². The zero-order chi connectivity index (χ0) is 13.7. The van der Waals surface area contributed by atoms with Crippen LogP contribution in [0, 0.1) is 0 Å². The predicted octanol–water partition coefficient (Wildman–Crippen LogP) is 0.0420. The molecule has 3 fully saturated rings. The Morgan fingerprint density at radius 2 is 1.95 bits per heavy atom. The van der Waals surface area contributed by atoms with Crippen LogP contribution >= 0.6 is 0 Å². The zero-order valence-corrected chi connectivity index (χ0v) is 11.9. The molecule has 3 heterocycles. The van der Waals surface area contributed by atoms with Gasteiger partial charge < -0.3 is 15.3 Å². The summed E-state index contributed by atoms with van der Waals surface area (Å²) in [6.07, 6.45) is 6.29. The number of amides is 1. The van der Waals surface area contributed by atoms with E-state index in [1.54, 1.807) is 0 Å². The Kier molecular flexibility index (Phi) is 5.60. The van der Waals surface area contributed by atoms with Crippen LogP contribution in [0.15, 0.2) is 0 Å². The van der Waals surface area contributed by atoms with Gasteiger partial charge in [-0.15, -0.1) is 0 Å². The van der Waals surface area contributed by atoms with Gasteiger partial charge in [-0.1, -0.05) is 0 Å². The van der Waals surface area contributed by atoms with E-state index >= 15 is 0 Å². The van der Waals surface area contributed by atoms with E-state index in [0.29, 0.717) is 12.5 Å². The molecule has 19 heavy (non-hydrogen) atoms. The number of carbonyl (C=O) groups excluding carboxylic acids is 1. The van der Waals surface area contributed by atoms with Crippen LogP contribution in [0.25, 0.3) is 0 Å². The number of rotatable bonds is 2. The maximum Gasteiger partial charge on any atom is 0.207 e. The van der Waals surface area contributed by atoms with Crippen LogP contribution in [-0.2, 0) is 4.79 Å². The second-order valence-corrected chi connectivity index (χ2v) is 6.00. The number of nitrogens with zero attached hydrogens (tertiary/aromatic N) is 2. The van der Waals surface area contributed by atoms with E-state index in [1.165, 1.54) is 32.4 Å². The van der Waals surface area contributed by atoms with Crippen molar-refractivity contribution in [3.05, 3.63) is 0 Å². The van der Waals surface area contributed by atoms with Gasteiger partial charge in [0.15, 0.2) is 0 Å². The average molecular weight is 269 g/mol. The molecule has 1 amide bonds. The molecule has 3 saturated heterocycles. The van der Waals surface area contributed by atoms with Crippen LogP contribution in [0.5, 0.6) is 0 Å². The van der Waals surface area contributed by atoms with Gasteiger partial charge in [-0.3, -0.25) is 9.69 Å². The van der Waals surface area contributed by atoms with Crippen molar-refractivity contribution in [2.75, 3.05) is 33.2 Å². The maximum absolute atomic E-state index is 10.3. The summed E-state index contributed by atoms with van der Waals surface area (Å²) in [7, 11) is 2.17. The van der Waals surface area contributed by atoms with E-state index in [4.69, 9.17) is 0 Å². The smallest absolute Gasteiger partial charge is 0.207 e. The minimum Gasteiger partial charge on any atom is -0.391 e. The second-order valence-electron chi connectivity index (χ2n) is 6.00. The molecule has 2 N–H and O–H groups in total. The lowest BCUT2D eigenvalue weighted by Crippen LogP contribution is -2.54. The first-order valence-electron chi connectivity index (χ1n) is 7.51. The van der Waals surface area contributed by atoms with Gasteiger partial charge in [-0.25, -0.2) is 0 Å². The summed E-state index contributed by atoms with van der Waals surface area (Å²) < 4.78 is 0. The first kappa shape index (κ1) is 14.8. The van der Waals surface area contributed by atoms with Gasteiger partial charge in [0, 0.05) is 18.6 Å². The minimum atomic E-state index is -0.256. The molecule has 0 aromatic carbocycles. The van der Waals surface area contributed by atoms with E-state index < -0.39 is 0 Å². The third-order valence-corrected chi connectivity index (χ3v) is 4.47. The van der Waals surface area contributed by atoms with Gasteiger partial charge in [0.25, 0.3) is 0 Å². The lowest BCUT2D eigenvalue weighted by Gasteiger charge is -2.38. The molecule has 0 aromatic heterocycles. The fourth-order valence-corrected chi connectivity index (χ4v) is 3.41. The Hall–Kier alpha value is -0.650. The number of hydrogen-bond donors (Lipinski definition) is 2. The number of nitrogens with one attached hydrogen (secondary N) is 1. The minimum absolute atomic E-state index is 0.141. The Balaban J connectivity index is 0.000000186. The van der Waals surface area contributed by atoms with Crippen molar-refractivity contribution < 1.29 is 9.90 Å². The molecule has 0 radical (unpaired) electrons. The van der Waals surface area contributed by atoms with Gasteiger partial charge in [-0.2, -0.15) is 0 Å². The summed E-state index contributed by atoms with van der Waals surface area (Å²) in [4.78, 5) is 14.9. The number of likely N-dealkylation sites (tertiary alicyclic amines) is 1. The van der Waals surface area contributed by atoms with Gasteiger partial charge in [-0.05, 0) is 58.8 Å². The number of fused-ring (bicyclic) bond motifs is 1. The Bertz CT molecular complexity index is 282. The molecule has 3 aliphatic rings. The second kappa shape index (κ2) is 7.22. The fraction of sp³-hybridized carbons (Fsp3) is 0.929. The molecule has 3 rings (SSSR count). The van der Waals surface area contributed by atoms with Crippen molar-refractivity contribution in [1.29, 1.82) is 0 Å². The highest BCUT2D eigenvalue weighted by Crippen LogP contribution is 2.26. The number of hydrogen-bond acceptors (Lipinski definition) is 4. The first-order valence-corrected chi connectivity index (χ1v) is 7.51.